The van der Waals surface area contributed by atoms with Crippen LogP contribution in [0, 0.1) is 0 Å². The van der Waals surface area contributed by atoms with Gasteiger partial charge in [-0.3, -0.25) is 0 Å². The number of aliphatic hydroxyl groups is 2. The molecule has 0 amide bonds. The van der Waals surface area contributed by atoms with Gasteiger partial charge in [0.05, 0.1) is 11.7 Å². The van der Waals surface area contributed by atoms with Crippen LogP contribution in [0.4, 0.5) is 0 Å². The van der Waals surface area contributed by atoms with Gasteiger partial charge in [-0.2, -0.15) is 0 Å². The summed E-state index contributed by atoms with van der Waals surface area (Å²) < 4.78 is 4.88. The van der Waals surface area contributed by atoms with Gasteiger partial charge in [-0.1, -0.05) is 13.8 Å². The topological polar surface area (TPSA) is 49.7 Å². The van der Waals surface area contributed by atoms with Gasteiger partial charge in [0.1, 0.15) is 0 Å². The Kier molecular flexibility index (Phi) is 6.29. The van der Waals surface area contributed by atoms with Crippen molar-refractivity contribution in [3.8, 4) is 0 Å². The van der Waals surface area contributed by atoms with Crippen molar-refractivity contribution in [3.63, 3.8) is 0 Å². The SMILES string of the molecule is CCC(O)(CC)C(O)CCCOC. The second-order valence-corrected chi connectivity index (χ2v) is 3.46. The Bertz CT molecular complexity index is 121. The van der Waals surface area contributed by atoms with Gasteiger partial charge in [-0.25, -0.2) is 0 Å². The van der Waals surface area contributed by atoms with Crippen LogP contribution >= 0.6 is 0 Å². The molecule has 0 fully saturated rings. The van der Waals surface area contributed by atoms with Crippen molar-refractivity contribution in [1.82, 2.24) is 0 Å². The van der Waals surface area contributed by atoms with Gasteiger partial charge < -0.3 is 14.9 Å². The van der Waals surface area contributed by atoms with E-state index in [1.807, 2.05) is 13.8 Å². The summed E-state index contributed by atoms with van der Waals surface area (Å²) in [6.45, 7) is 4.42. The fourth-order valence-corrected chi connectivity index (χ4v) is 1.41. The Balaban J connectivity index is 3.84. The number of aliphatic hydroxyl groups excluding tert-OH is 1. The van der Waals surface area contributed by atoms with E-state index in [-0.39, 0.29) is 0 Å². The van der Waals surface area contributed by atoms with E-state index in [2.05, 4.69) is 0 Å². The van der Waals surface area contributed by atoms with E-state index in [4.69, 9.17) is 4.74 Å². The average molecular weight is 190 g/mol. The Hall–Kier alpha value is -0.120. The lowest BCUT2D eigenvalue weighted by Crippen LogP contribution is -2.41. The molecule has 0 heterocycles. The van der Waals surface area contributed by atoms with Crippen LogP contribution in [-0.2, 0) is 4.74 Å². The van der Waals surface area contributed by atoms with Crippen LogP contribution in [0.15, 0.2) is 0 Å². The van der Waals surface area contributed by atoms with Crippen molar-refractivity contribution in [2.75, 3.05) is 13.7 Å². The van der Waals surface area contributed by atoms with E-state index in [1.54, 1.807) is 7.11 Å². The zero-order valence-corrected chi connectivity index (χ0v) is 8.92. The molecule has 0 radical (unpaired) electrons. The van der Waals surface area contributed by atoms with Gasteiger partial charge in [-0.15, -0.1) is 0 Å². The maximum atomic E-state index is 9.91. The highest BCUT2D eigenvalue weighted by molar-refractivity contribution is 4.83. The van der Waals surface area contributed by atoms with Gasteiger partial charge >= 0.3 is 0 Å². The fourth-order valence-electron chi connectivity index (χ4n) is 1.41. The number of hydrogen-bond donors (Lipinski definition) is 2. The molecule has 80 valence electrons. The minimum atomic E-state index is -0.909. The van der Waals surface area contributed by atoms with Crippen molar-refractivity contribution in [1.29, 1.82) is 0 Å². The van der Waals surface area contributed by atoms with E-state index >= 15 is 0 Å². The lowest BCUT2D eigenvalue weighted by atomic mass is 9.88. The van der Waals surface area contributed by atoms with E-state index in [9.17, 15) is 10.2 Å². The molecule has 0 aliphatic heterocycles. The molecule has 2 N–H and O–H groups in total. The molecule has 3 nitrogen and oxygen atoms in total. The van der Waals surface area contributed by atoms with E-state index in [0.29, 0.717) is 25.9 Å². The molecule has 1 atom stereocenters. The first-order chi connectivity index (χ1) is 6.10. The molecule has 3 heteroatoms. The molecule has 1 unspecified atom stereocenters. The predicted molar refractivity (Wildman–Crippen MR) is 52.6 cm³/mol. The molecule has 0 saturated heterocycles. The zero-order valence-electron chi connectivity index (χ0n) is 8.92. The van der Waals surface area contributed by atoms with Crippen molar-refractivity contribution in [2.24, 2.45) is 0 Å². The largest absolute Gasteiger partial charge is 0.390 e. The smallest absolute Gasteiger partial charge is 0.0900 e. The summed E-state index contributed by atoms with van der Waals surface area (Å²) in [6, 6.07) is 0. The van der Waals surface area contributed by atoms with Crippen LogP contribution in [0.5, 0.6) is 0 Å². The van der Waals surface area contributed by atoms with Gasteiger partial charge in [0.15, 0.2) is 0 Å². The van der Waals surface area contributed by atoms with Crippen molar-refractivity contribution < 1.29 is 14.9 Å². The van der Waals surface area contributed by atoms with Gasteiger partial charge in [0.2, 0.25) is 0 Å². The monoisotopic (exact) mass is 190 g/mol. The molecule has 0 aromatic carbocycles. The Labute approximate surface area is 80.7 Å². The third-order valence-electron chi connectivity index (χ3n) is 2.67. The van der Waals surface area contributed by atoms with Crippen LogP contribution in [0.1, 0.15) is 39.5 Å². The highest BCUT2D eigenvalue weighted by Crippen LogP contribution is 2.22. The van der Waals surface area contributed by atoms with E-state index in [0.717, 1.165) is 6.42 Å². The van der Waals surface area contributed by atoms with Crippen LogP contribution in [0.2, 0.25) is 0 Å². The van der Waals surface area contributed by atoms with Crippen molar-refractivity contribution in [2.45, 2.75) is 51.2 Å². The molecule has 0 aliphatic rings. The van der Waals surface area contributed by atoms with Gasteiger partial charge in [0.25, 0.3) is 0 Å². The molecule has 0 bridgehead atoms. The predicted octanol–water partition coefficient (Wildman–Crippen LogP) is 1.32. The highest BCUT2D eigenvalue weighted by atomic mass is 16.5. The first-order valence-electron chi connectivity index (χ1n) is 5.00. The summed E-state index contributed by atoms with van der Waals surface area (Å²) in [4.78, 5) is 0. The number of hydrogen-bond acceptors (Lipinski definition) is 3. The lowest BCUT2D eigenvalue weighted by molar-refractivity contribution is -0.0847. The molecule has 0 aromatic rings. The number of methoxy groups -OCH3 is 1. The summed E-state index contributed by atoms with van der Waals surface area (Å²) in [6.07, 6.45) is 1.96. The molecule has 0 aliphatic carbocycles. The van der Waals surface area contributed by atoms with Crippen LogP contribution in [-0.4, -0.2) is 35.6 Å². The standard InChI is InChI=1S/C10H22O3/c1-4-10(12,5-2)9(11)7-6-8-13-3/h9,11-12H,4-8H2,1-3H3. The Morgan fingerprint density at radius 1 is 1.31 bits per heavy atom. The van der Waals surface area contributed by atoms with Crippen LogP contribution < -0.4 is 0 Å². The first-order valence-corrected chi connectivity index (χ1v) is 5.00. The Morgan fingerprint density at radius 2 is 1.85 bits per heavy atom. The fraction of sp³-hybridized carbons (Fsp3) is 1.00. The minimum absolute atomic E-state index is 0.595. The molecule has 0 aromatic heterocycles. The summed E-state index contributed by atoms with van der Waals surface area (Å²) >= 11 is 0. The second-order valence-electron chi connectivity index (χ2n) is 3.46. The van der Waals surface area contributed by atoms with Crippen LogP contribution in [0.25, 0.3) is 0 Å². The maximum Gasteiger partial charge on any atom is 0.0900 e. The van der Waals surface area contributed by atoms with E-state index < -0.39 is 11.7 Å². The summed E-state index contributed by atoms with van der Waals surface area (Å²) in [5, 5.41) is 19.6. The van der Waals surface area contributed by atoms with E-state index in [1.165, 1.54) is 0 Å². The molecule has 0 rings (SSSR count). The van der Waals surface area contributed by atoms with Crippen LogP contribution in [0.3, 0.4) is 0 Å². The minimum Gasteiger partial charge on any atom is -0.390 e. The molecule has 0 spiro atoms. The molecule has 13 heavy (non-hydrogen) atoms. The first kappa shape index (κ1) is 12.9. The van der Waals surface area contributed by atoms with Crippen molar-refractivity contribution in [3.05, 3.63) is 0 Å². The third kappa shape index (κ3) is 4.07. The number of ether oxygens (including phenoxy) is 1. The Morgan fingerprint density at radius 3 is 2.23 bits per heavy atom. The van der Waals surface area contributed by atoms with Gasteiger partial charge in [-0.05, 0) is 25.7 Å². The zero-order chi connectivity index (χ0) is 10.3. The summed E-state index contributed by atoms with van der Waals surface area (Å²) in [5.74, 6) is 0. The normalized spacial score (nSPS) is 14.5. The van der Waals surface area contributed by atoms with Crippen molar-refractivity contribution >= 4 is 0 Å². The molecular weight excluding hydrogens is 168 g/mol. The summed E-state index contributed by atoms with van der Waals surface area (Å²) in [7, 11) is 1.64. The maximum absolute atomic E-state index is 9.91. The third-order valence-corrected chi connectivity index (χ3v) is 2.67. The molecular formula is C10H22O3. The lowest BCUT2D eigenvalue weighted by Gasteiger charge is -2.30. The number of rotatable bonds is 7. The second kappa shape index (κ2) is 6.35. The molecule has 0 saturated carbocycles. The van der Waals surface area contributed by atoms with Gasteiger partial charge in [0, 0.05) is 13.7 Å². The summed E-state index contributed by atoms with van der Waals surface area (Å²) in [5.41, 5.74) is -0.909. The average Bonchev–Trinajstić information content (AvgIpc) is 2.17. The quantitative estimate of drug-likeness (QED) is 0.595. The highest BCUT2D eigenvalue weighted by Gasteiger charge is 2.30.